The quantitative estimate of drug-likeness (QED) is 0.683. The summed E-state index contributed by atoms with van der Waals surface area (Å²) in [5.41, 5.74) is 7.40. The fourth-order valence-electron chi connectivity index (χ4n) is 1.43. The molecule has 0 aliphatic carbocycles. The summed E-state index contributed by atoms with van der Waals surface area (Å²) in [4.78, 5) is 12.0. The van der Waals surface area contributed by atoms with E-state index in [1.54, 1.807) is 23.5 Å². The van der Waals surface area contributed by atoms with E-state index in [9.17, 15) is 4.79 Å². The first-order valence-electron chi connectivity index (χ1n) is 4.86. The number of anilines is 1. The van der Waals surface area contributed by atoms with E-state index < -0.39 is 0 Å². The number of thiophene rings is 1. The number of Topliss-reactive ketones (excluding diaryl/α,β-unsaturated/α-hetero) is 1. The largest absolute Gasteiger partial charge is 0.396 e. The molecule has 2 N–H and O–H groups in total. The van der Waals surface area contributed by atoms with Crippen LogP contribution in [0.25, 0.3) is 0 Å². The van der Waals surface area contributed by atoms with Crippen molar-refractivity contribution in [2.24, 2.45) is 0 Å². The number of nitrogen functional groups attached to an aromatic ring is 1. The van der Waals surface area contributed by atoms with Crippen LogP contribution in [0.1, 0.15) is 15.9 Å². The van der Waals surface area contributed by atoms with Crippen molar-refractivity contribution in [3.05, 3.63) is 50.1 Å². The van der Waals surface area contributed by atoms with Crippen molar-refractivity contribution < 1.29 is 4.79 Å². The summed E-state index contributed by atoms with van der Waals surface area (Å²) in [5.74, 6) is -0.0211. The summed E-state index contributed by atoms with van der Waals surface area (Å²) >= 11 is 13.3. The van der Waals surface area contributed by atoms with E-state index in [4.69, 9.17) is 28.9 Å². The summed E-state index contributed by atoms with van der Waals surface area (Å²) in [6.07, 6.45) is 0.347. The molecule has 0 saturated heterocycles. The molecule has 2 rings (SSSR count). The maximum atomic E-state index is 12.0. The van der Waals surface area contributed by atoms with Gasteiger partial charge in [-0.15, -0.1) is 0 Å². The Morgan fingerprint density at radius 3 is 2.47 bits per heavy atom. The fourth-order valence-corrected chi connectivity index (χ4v) is 2.58. The Morgan fingerprint density at radius 2 is 1.94 bits per heavy atom. The molecule has 0 aliphatic rings. The van der Waals surface area contributed by atoms with Crippen molar-refractivity contribution in [1.82, 2.24) is 0 Å². The van der Waals surface area contributed by atoms with E-state index in [1.807, 2.05) is 16.8 Å². The highest BCUT2D eigenvalue weighted by Crippen LogP contribution is 2.29. The van der Waals surface area contributed by atoms with Gasteiger partial charge in [-0.1, -0.05) is 23.2 Å². The van der Waals surface area contributed by atoms with Crippen molar-refractivity contribution in [3.8, 4) is 0 Å². The molecule has 1 aromatic carbocycles. The molecule has 17 heavy (non-hydrogen) atoms. The standard InChI is InChI=1S/C12H9Cl2NOS/c13-9-4-8(5-10(14)12(9)15)11(16)3-7-1-2-17-6-7/h1-2,4-6H,3,15H2. The predicted octanol–water partition coefficient (Wildman–Crippen LogP) is 4.06. The van der Waals surface area contributed by atoms with Crippen LogP contribution in [0, 0.1) is 0 Å². The molecule has 0 spiro atoms. The molecule has 0 unspecified atom stereocenters. The molecule has 5 heteroatoms. The second-order valence-corrected chi connectivity index (χ2v) is 5.18. The maximum absolute atomic E-state index is 12.0. The van der Waals surface area contributed by atoms with E-state index in [2.05, 4.69) is 0 Å². The molecule has 0 fully saturated rings. The molecule has 2 nitrogen and oxygen atoms in total. The molecular weight excluding hydrogens is 277 g/mol. The van der Waals surface area contributed by atoms with Crippen LogP contribution in [-0.2, 0) is 6.42 Å². The maximum Gasteiger partial charge on any atom is 0.167 e. The predicted molar refractivity (Wildman–Crippen MR) is 73.2 cm³/mol. The van der Waals surface area contributed by atoms with E-state index >= 15 is 0 Å². The van der Waals surface area contributed by atoms with Crippen LogP contribution in [0.4, 0.5) is 5.69 Å². The van der Waals surface area contributed by atoms with Gasteiger partial charge < -0.3 is 5.73 Å². The lowest BCUT2D eigenvalue weighted by atomic mass is 10.0. The van der Waals surface area contributed by atoms with E-state index in [0.29, 0.717) is 27.7 Å². The molecular formula is C12H9Cl2NOS. The van der Waals surface area contributed by atoms with Gasteiger partial charge in [0.15, 0.2) is 5.78 Å². The fraction of sp³-hybridized carbons (Fsp3) is 0.0833. The third kappa shape index (κ3) is 2.80. The van der Waals surface area contributed by atoms with Gasteiger partial charge in [-0.05, 0) is 34.5 Å². The van der Waals surface area contributed by atoms with Gasteiger partial charge in [-0.3, -0.25) is 4.79 Å². The monoisotopic (exact) mass is 285 g/mol. The molecule has 0 atom stereocenters. The third-order valence-electron chi connectivity index (χ3n) is 2.35. The average molecular weight is 286 g/mol. The van der Waals surface area contributed by atoms with Gasteiger partial charge >= 0.3 is 0 Å². The first-order chi connectivity index (χ1) is 8.08. The second-order valence-electron chi connectivity index (χ2n) is 3.59. The molecule has 0 aliphatic heterocycles. The minimum absolute atomic E-state index is 0.0211. The van der Waals surface area contributed by atoms with Crippen molar-refractivity contribution in [2.45, 2.75) is 6.42 Å². The van der Waals surface area contributed by atoms with E-state index in [1.165, 1.54) is 0 Å². The van der Waals surface area contributed by atoms with Gasteiger partial charge in [0.1, 0.15) is 0 Å². The van der Waals surface area contributed by atoms with Gasteiger partial charge in [-0.2, -0.15) is 11.3 Å². The van der Waals surface area contributed by atoms with Gasteiger partial charge in [-0.25, -0.2) is 0 Å². The van der Waals surface area contributed by atoms with Gasteiger partial charge in [0.2, 0.25) is 0 Å². The van der Waals surface area contributed by atoms with Gasteiger partial charge in [0.05, 0.1) is 15.7 Å². The number of ketones is 1. The number of halogens is 2. The Hall–Kier alpha value is -1.03. The van der Waals surface area contributed by atoms with Crippen LogP contribution in [0.2, 0.25) is 10.0 Å². The number of carbonyl (C=O) groups excluding carboxylic acids is 1. The van der Waals surface area contributed by atoms with Gasteiger partial charge in [0, 0.05) is 12.0 Å². The van der Waals surface area contributed by atoms with Crippen molar-refractivity contribution in [1.29, 1.82) is 0 Å². The van der Waals surface area contributed by atoms with Crippen molar-refractivity contribution in [2.75, 3.05) is 5.73 Å². The lowest BCUT2D eigenvalue weighted by Gasteiger charge is -2.05. The smallest absolute Gasteiger partial charge is 0.167 e. The molecule has 0 saturated carbocycles. The lowest BCUT2D eigenvalue weighted by molar-refractivity contribution is 0.0993. The van der Waals surface area contributed by atoms with Crippen molar-refractivity contribution >= 4 is 46.0 Å². The lowest BCUT2D eigenvalue weighted by Crippen LogP contribution is -2.03. The van der Waals surface area contributed by atoms with Crippen LogP contribution < -0.4 is 5.73 Å². The van der Waals surface area contributed by atoms with E-state index in [0.717, 1.165) is 5.56 Å². The summed E-state index contributed by atoms with van der Waals surface area (Å²) in [7, 11) is 0. The SMILES string of the molecule is Nc1c(Cl)cc(C(=O)Cc2ccsc2)cc1Cl. The van der Waals surface area contributed by atoms with E-state index in [-0.39, 0.29) is 5.78 Å². The Morgan fingerprint density at radius 1 is 1.29 bits per heavy atom. The number of hydrogen-bond acceptors (Lipinski definition) is 3. The summed E-state index contributed by atoms with van der Waals surface area (Å²) in [5, 5.41) is 4.50. The number of nitrogens with two attached hydrogens (primary N) is 1. The Balaban J connectivity index is 2.26. The van der Waals surface area contributed by atoms with Crippen LogP contribution in [0.3, 0.4) is 0 Å². The molecule has 0 radical (unpaired) electrons. The number of rotatable bonds is 3. The second kappa shape index (κ2) is 5.08. The Labute approximate surface area is 113 Å². The topological polar surface area (TPSA) is 43.1 Å². The van der Waals surface area contributed by atoms with Crippen LogP contribution >= 0.6 is 34.5 Å². The first kappa shape index (κ1) is 12.4. The Kier molecular flexibility index (Phi) is 3.72. The average Bonchev–Trinajstić information content (AvgIpc) is 2.77. The first-order valence-corrected chi connectivity index (χ1v) is 6.56. The van der Waals surface area contributed by atoms with Crippen molar-refractivity contribution in [3.63, 3.8) is 0 Å². The number of hydrogen-bond donors (Lipinski definition) is 1. The molecule has 0 amide bonds. The molecule has 0 bridgehead atoms. The molecule has 2 aromatic rings. The minimum Gasteiger partial charge on any atom is -0.396 e. The number of carbonyl (C=O) groups is 1. The van der Waals surface area contributed by atoms with Gasteiger partial charge in [0.25, 0.3) is 0 Å². The highest BCUT2D eigenvalue weighted by Gasteiger charge is 2.12. The van der Waals surface area contributed by atoms with Crippen LogP contribution in [0.5, 0.6) is 0 Å². The Bertz CT molecular complexity index is 529. The third-order valence-corrected chi connectivity index (χ3v) is 3.70. The summed E-state index contributed by atoms with van der Waals surface area (Å²) < 4.78 is 0. The molecule has 1 aromatic heterocycles. The molecule has 88 valence electrons. The molecule has 1 heterocycles. The minimum atomic E-state index is -0.0211. The zero-order valence-electron chi connectivity index (χ0n) is 8.74. The highest BCUT2D eigenvalue weighted by molar-refractivity contribution is 7.08. The normalized spacial score (nSPS) is 10.5. The summed E-state index contributed by atoms with van der Waals surface area (Å²) in [6, 6.07) is 5.03. The zero-order chi connectivity index (χ0) is 12.4. The number of benzene rings is 1. The zero-order valence-corrected chi connectivity index (χ0v) is 11.1. The van der Waals surface area contributed by atoms with Crippen LogP contribution in [0.15, 0.2) is 29.0 Å². The van der Waals surface area contributed by atoms with Crippen LogP contribution in [-0.4, -0.2) is 5.78 Å². The highest BCUT2D eigenvalue weighted by atomic mass is 35.5. The summed E-state index contributed by atoms with van der Waals surface area (Å²) in [6.45, 7) is 0.